The van der Waals surface area contributed by atoms with Gasteiger partial charge in [0.1, 0.15) is 12.9 Å². The molecular formula is C9H11N5O5. The molecule has 0 bridgehead atoms. The standard InChI is InChI=1S/C9H11N5O5/c10-9-12-7-6(8(16)13-9)11-3-14(7)19-5-2-17-4(1-15)18-5/h3-5,15H,1-2H2,(H3,10,12,13,16)/t4?,5-/m1/s1. The largest absolute Gasteiger partial charge is 0.391 e. The average Bonchev–Trinajstić information content (AvgIpc) is 2.97. The first kappa shape index (κ1) is 11.9. The molecule has 0 amide bonds. The molecule has 1 fully saturated rings. The summed E-state index contributed by atoms with van der Waals surface area (Å²) in [4.78, 5) is 27.1. The number of aromatic nitrogens is 4. The van der Waals surface area contributed by atoms with Gasteiger partial charge in [-0.2, -0.15) is 4.98 Å². The molecule has 1 aliphatic heterocycles. The van der Waals surface area contributed by atoms with Crippen LogP contribution in [0.4, 0.5) is 5.95 Å². The highest BCUT2D eigenvalue weighted by Gasteiger charge is 2.28. The maximum absolute atomic E-state index is 11.6. The molecule has 1 unspecified atom stereocenters. The fraction of sp³-hybridized carbons (Fsp3) is 0.444. The lowest BCUT2D eigenvalue weighted by molar-refractivity contribution is -0.155. The van der Waals surface area contributed by atoms with Crippen molar-refractivity contribution in [3.05, 3.63) is 16.7 Å². The zero-order chi connectivity index (χ0) is 13.4. The number of nitrogen functional groups attached to an aromatic ring is 1. The van der Waals surface area contributed by atoms with Gasteiger partial charge in [-0.15, -0.1) is 4.73 Å². The average molecular weight is 269 g/mol. The normalized spacial score (nSPS) is 23.0. The highest BCUT2D eigenvalue weighted by Crippen LogP contribution is 2.12. The third kappa shape index (κ3) is 2.12. The number of H-pyrrole nitrogens is 1. The fourth-order valence-electron chi connectivity index (χ4n) is 1.70. The predicted octanol–water partition coefficient (Wildman–Crippen LogP) is -2.18. The van der Waals surface area contributed by atoms with Gasteiger partial charge < -0.3 is 25.2 Å². The van der Waals surface area contributed by atoms with E-state index in [2.05, 4.69) is 15.0 Å². The smallest absolute Gasteiger partial charge is 0.280 e. The summed E-state index contributed by atoms with van der Waals surface area (Å²) in [7, 11) is 0. The number of aromatic amines is 1. The van der Waals surface area contributed by atoms with Crippen molar-refractivity contribution in [1.29, 1.82) is 0 Å². The molecule has 10 heteroatoms. The molecule has 3 rings (SSSR count). The number of aliphatic hydroxyl groups excluding tert-OH is 1. The van der Waals surface area contributed by atoms with E-state index in [1.807, 2.05) is 0 Å². The molecule has 4 N–H and O–H groups in total. The zero-order valence-corrected chi connectivity index (χ0v) is 9.65. The Labute approximate surface area is 105 Å². The van der Waals surface area contributed by atoms with E-state index in [9.17, 15) is 4.79 Å². The summed E-state index contributed by atoms with van der Waals surface area (Å²) in [6.45, 7) is -0.126. The maximum Gasteiger partial charge on any atom is 0.280 e. The maximum atomic E-state index is 11.6. The molecule has 0 aliphatic carbocycles. The van der Waals surface area contributed by atoms with Gasteiger partial charge in [0.2, 0.25) is 11.6 Å². The Morgan fingerprint density at radius 2 is 2.53 bits per heavy atom. The number of nitrogens with two attached hydrogens (primary N) is 1. The lowest BCUT2D eigenvalue weighted by atomic mass is 10.5. The first-order valence-corrected chi connectivity index (χ1v) is 5.45. The van der Waals surface area contributed by atoms with Crippen molar-refractivity contribution in [2.45, 2.75) is 12.6 Å². The molecule has 0 saturated carbocycles. The quantitative estimate of drug-likeness (QED) is 0.572. The summed E-state index contributed by atoms with van der Waals surface area (Å²) in [5, 5.41) is 8.86. The number of ether oxygens (including phenoxy) is 2. The number of fused-ring (bicyclic) bond motifs is 1. The van der Waals surface area contributed by atoms with Gasteiger partial charge in [0.05, 0.1) is 6.61 Å². The number of hydrogen-bond donors (Lipinski definition) is 3. The van der Waals surface area contributed by atoms with Crippen molar-refractivity contribution < 1.29 is 19.4 Å². The van der Waals surface area contributed by atoms with Crippen LogP contribution in [-0.4, -0.2) is 50.6 Å². The van der Waals surface area contributed by atoms with E-state index in [4.69, 9.17) is 25.2 Å². The Balaban J connectivity index is 1.88. The number of rotatable bonds is 3. The van der Waals surface area contributed by atoms with E-state index >= 15 is 0 Å². The third-order valence-corrected chi connectivity index (χ3v) is 2.50. The third-order valence-electron chi connectivity index (χ3n) is 2.50. The molecule has 2 atom stereocenters. The summed E-state index contributed by atoms with van der Waals surface area (Å²) in [5.74, 6) is -0.0420. The monoisotopic (exact) mass is 269 g/mol. The van der Waals surface area contributed by atoms with Gasteiger partial charge in [0, 0.05) is 0 Å². The highest BCUT2D eigenvalue weighted by atomic mass is 16.9. The van der Waals surface area contributed by atoms with E-state index < -0.39 is 18.1 Å². The summed E-state index contributed by atoms with van der Waals surface area (Å²) in [5.41, 5.74) is 5.28. The Morgan fingerprint density at radius 1 is 1.68 bits per heavy atom. The topological polar surface area (TPSA) is 138 Å². The van der Waals surface area contributed by atoms with Crippen molar-refractivity contribution in [1.82, 2.24) is 19.7 Å². The Bertz CT molecular complexity index is 652. The predicted molar refractivity (Wildman–Crippen MR) is 60.8 cm³/mol. The van der Waals surface area contributed by atoms with Crippen LogP contribution in [0.25, 0.3) is 11.2 Å². The van der Waals surface area contributed by atoms with E-state index in [0.29, 0.717) is 0 Å². The van der Waals surface area contributed by atoms with E-state index in [1.165, 1.54) is 11.1 Å². The fourth-order valence-corrected chi connectivity index (χ4v) is 1.70. The van der Waals surface area contributed by atoms with Crippen LogP contribution in [0.5, 0.6) is 0 Å². The Morgan fingerprint density at radius 3 is 3.26 bits per heavy atom. The molecule has 10 nitrogen and oxygen atoms in total. The number of anilines is 1. The molecule has 2 aromatic rings. The number of imidazole rings is 1. The van der Waals surface area contributed by atoms with Crippen LogP contribution >= 0.6 is 0 Å². The van der Waals surface area contributed by atoms with Crippen molar-refractivity contribution in [3.8, 4) is 0 Å². The van der Waals surface area contributed by atoms with Gasteiger partial charge in [0.25, 0.3) is 11.8 Å². The minimum absolute atomic E-state index is 0.0420. The van der Waals surface area contributed by atoms with Crippen LogP contribution in [0.15, 0.2) is 11.1 Å². The van der Waals surface area contributed by atoms with Crippen molar-refractivity contribution in [2.24, 2.45) is 0 Å². The van der Waals surface area contributed by atoms with Gasteiger partial charge >= 0.3 is 0 Å². The zero-order valence-electron chi connectivity index (χ0n) is 9.65. The second-order valence-corrected chi connectivity index (χ2v) is 3.81. The van der Waals surface area contributed by atoms with Crippen LogP contribution < -0.4 is 16.1 Å². The molecule has 1 aliphatic rings. The molecule has 0 radical (unpaired) electrons. The first-order chi connectivity index (χ1) is 9.17. The van der Waals surface area contributed by atoms with E-state index in [0.717, 1.165) is 0 Å². The molecule has 3 heterocycles. The van der Waals surface area contributed by atoms with Crippen LogP contribution in [0.1, 0.15) is 0 Å². The first-order valence-electron chi connectivity index (χ1n) is 5.45. The second kappa shape index (κ2) is 4.50. The van der Waals surface area contributed by atoms with E-state index in [1.54, 1.807) is 0 Å². The van der Waals surface area contributed by atoms with Crippen molar-refractivity contribution in [3.63, 3.8) is 0 Å². The summed E-state index contributed by atoms with van der Waals surface area (Å²) < 4.78 is 11.5. The number of nitrogens with zero attached hydrogens (tertiary/aromatic N) is 3. The highest BCUT2D eigenvalue weighted by molar-refractivity contribution is 5.69. The Kier molecular flexibility index (Phi) is 2.81. The molecule has 0 aromatic carbocycles. The van der Waals surface area contributed by atoms with Crippen molar-refractivity contribution >= 4 is 17.1 Å². The minimum Gasteiger partial charge on any atom is -0.391 e. The SMILES string of the molecule is Nc1nc2c(ncn2O[C@@H]2COC(CO)O2)c(=O)[nH]1. The number of hydrogen-bond acceptors (Lipinski definition) is 8. The van der Waals surface area contributed by atoms with Gasteiger partial charge in [-0.1, -0.05) is 0 Å². The van der Waals surface area contributed by atoms with Gasteiger partial charge in [0.15, 0.2) is 11.8 Å². The molecule has 0 spiro atoms. The number of aliphatic hydroxyl groups is 1. The van der Waals surface area contributed by atoms with Crippen LogP contribution in [0.2, 0.25) is 0 Å². The molecule has 2 aromatic heterocycles. The summed E-state index contributed by atoms with van der Waals surface area (Å²) in [6.07, 6.45) is -0.166. The molecular weight excluding hydrogens is 258 g/mol. The molecule has 102 valence electrons. The number of nitrogens with one attached hydrogen (secondary N) is 1. The van der Waals surface area contributed by atoms with Gasteiger partial charge in [-0.3, -0.25) is 9.78 Å². The summed E-state index contributed by atoms with van der Waals surface area (Å²) in [6, 6.07) is 0. The minimum atomic E-state index is -0.725. The second-order valence-electron chi connectivity index (χ2n) is 3.81. The molecule has 1 saturated heterocycles. The van der Waals surface area contributed by atoms with Crippen LogP contribution in [0, 0.1) is 0 Å². The Hall–Kier alpha value is -2.17. The van der Waals surface area contributed by atoms with Gasteiger partial charge in [-0.25, -0.2) is 4.98 Å². The van der Waals surface area contributed by atoms with Gasteiger partial charge in [-0.05, 0) is 0 Å². The van der Waals surface area contributed by atoms with Crippen LogP contribution in [-0.2, 0) is 9.47 Å². The van der Waals surface area contributed by atoms with Crippen molar-refractivity contribution in [2.75, 3.05) is 18.9 Å². The van der Waals surface area contributed by atoms with Crippen LogP contribution in [0.3, 0.4) is 0 Å². The lowest BCUT2D eigenvalue weighted by Crippen LogP contribution is -2.28. The lowest BCUT2D eigenvalue weighted by Gasteiger charge is -2.12. The summed E-state index contributed by atoms with van der Waals surface area (Å²) >= 11 is 0. The van der Waals surface area contributed by atoms with E-state index in [-0.39, 0.29) is 30.3 Å². The molecule has 19 heavy (non-hydrogen) atoms.